The maximum atomic E-state index is 12.8. The number of benzene rings is 2. The Kier molecular flexibility index (Phi) is 9.25. The third kappa shape index (κ3) is 6.51. The van der Waals surface area contributed by atoms with E-state index in [1.165, 1.54) is 0 Å². The predicted molar refractivity (Wildman–Crippen MR) is 160 cm³/mol. The van der Waals surface area contributed by atoms with Gasteiger partial charge in [0.1, 0.15) is 12.6 Å². The zero-order chi connectivity index (χ0) is 29.8. The van der Waals surface area contributed by atoms with E-state index in [1.54, 1.807) is 6.92 Å². The van der Waals surface area contributed by atoms with Gasteiger partial charge in [0.2, 0.25) is 5.91 Å². The molecule has 6 unspecified atom stereocenters. The van der Waals surface area contributed by atoms with Gasteiger partial charge >= 0.3 is 18.1 Å². The standard InChI is InChI=1S/C31H38N4O6S/c1-17(14-32-26(36)13-7-12-25-28-24(16-42-25)33-30(39)34-28)18(2)27(29(37)38)35-31(40)41-15-23-21-10-5-3-8-19(21)20-9-4-6-11-22(20)23/h3-6,8-11,17-18,23-25,27-28H,7,12-16H2,1-2H3,(H,32,36)(H,35,40)(H,37,38)(H2,33,34,39). The molecule has 11 heteroatoms. The number of urea groups is 1. The number of carboxylic acids is 1. The van der Waals surface area contributed by atoms with Crippen LogP contribution in [0.2, 0.25) is 0 Å². The summed E-state index contributed by atoms with van der Waals surface area (Å²) >= 11 is 1.82. The minimum Gasteiger partial charge on any atom is -0.480 e. The van der Waals surface area contributed by atoms with E-state index in [9.17, 15) is 24.3 Å². The van der Waals surface area contributed by atoms with Crippen molar-refractivity contribution in [3.8, 4) is 11.1 Å². The average Bonchev–Trinajstić information content (AvgIpc) is 3.63. The number of fused-ring (bicyclic) bond motifs is 4. The summed E-state index contributed by atoms with van der Waals surface area (Å²) < 4.78 is 5.56. The molecule has 0 spiro atoms. The number of carbonyl (C=O) groups excluding carboxylic acids is 3. The van der Waals surface area contributed by atoms with Gasteiger partial charge in [0.25, 0.3) is 0 Å². The second-order valence-electron chi connectivity index (χ2n) is 11.4. The van der Waals surface area contributed by atoms with E-state index in [4.69, 9.17) is 4.74 Å². The first-order valence-corrected chi connectivity index (χ1v) is 15.6. The molecule has 2 aromatic carbocycles. The Morgan fingerprint density at radius 1 is 1.05 bits per heavy atom. The molecule has 5 rings (SSSR count). The number of thioether (sulfide) groups is 1. The zero-order valence-corrected chi connectivity index (χ0v) is 24.6. The molecule has 2 heterocycles. The Morgan fingerprint density at radius 2 is 1.71 bits per heavy atom. The molecule has 0 aromatic heterocycles. The lowest BCUT2D eigenvalue weighted by Crippen LogP contribution is -2.48. The smallest absolute Gasteiger partial charge is 0.407 e. The number of carbonyl (C=O) groups is 4. The van der Waals surface area contributed by atoms with Crippen LogP contribution in [0.4, 0.5) is 9.59 Å². The summed E-state index contributed by atoms with van der Waals surface area (Å²) in [6, 6.07) is 15.0. The van der Waals surface area contributed by atoms with Crippen LogP contribution in [0.15, 0.2) is 48.5 Å². The minimum atomic E-state index is -1.17. The van der Waals surface area contributed by atoms with Gasteiger partial charge in [-0.2, -0.15) is 11.8 Å². The van der Waals surface area contributed by atoms with Crippen LogP contribution in [-0.2, 0) is 14.3 Å². The highest BCUT2D eigenvalue weighted by molar-refractivity contribution is 8.00. The van der Waals surface area contributed by atoms with Crippen LogP contribution in [0, 0.1) is 11.8 Å². The van der Waals surface area contributed by atoms with Gasteiger partial charge in [-0.05, 0) is 46.9 Å². The van der Waals surface area contributed by atoms with Crippen molar-refractivity contribution in [1.29, 1.82) is 0 Å². The van der Waals surface area contributed by atoms with Gasteiger partial charge in [-0.25, -0.2) is 14.4 Å². The van der Waals surface area contributed by atoms with Gasteiger partial charge in [-0.1, -0.05) is 62.4 Å². The SMILES string of the molecule is CC(CNC(=O)CCCC1SCC2NC(=O)NC21)C(C)C(NC(=O)OCC1c2ccccc2-c2ccccc21)C(=O)O. The number of ether oxygens (including phenoxy) is 1. The van der Waals surface area contributed by atoms with E-state index >= 15 is 0 Å². The largest absolute Gasteiger partial charge is 0.480 e. The van der Waals surface area contributed by atoms with Crippen molar-refractivity contribution >= 4 is 35.8 Å². The second-order valence-corrected chi connectivity index (χ2v) is 12.7. The second kappa shape index (κ2) is 13.1. The van der Waals surface area contributed by atoms with Gasteiger partial charge in [0, 0.05) is 29.9 Å². The molecule has 2 aliphatic heterocycles. The minimum absolute atomic E-state index is 0.0931. The van der Waals surface area contributed by atoms with Crippen molar-refractivity contribution in [2.45, 2.75) is 62.4 Å². The summed E-state index contributed by atoms with van der Waals surface area (Å²) in [5, 5.41) is 21.5. The molecular formula is C31H38N4O6S. The average molecular weight is 595 g/mol. The fourth-order valence-electron chi connectivity index (χ4n) is 6.17. The van der Waals surface area contributed by atoms with Crippen molar-refractivity contribution in [3.63, 3.8) is 0 Å². The molecular weight excluding hydrogens is 556 g/mol. The van der Waals surface area contributed by atoms with Gasteiger partial charge in [0.05, 0.1) is 12.1 Å². The molecule has 4 amide bonds. The maximum Gasteiger partial charge on any atom is 0.407 e. The van der Waals surface area contributed by atoms with Crippen molar-refractivity contribution in [2.24, 2.45) is 11.8 Å². The van der Waals surface area contributed by atoms with E-state index in [0.29, 0.717) is 24.6 Å². The van der Waals surface area contributed by atoms with Crippen LogP contribution in [0.3, 0.4) is 0 Å². The topological polar surface area (TPSA) is 146 Å². The Balaban J connectivity index is 1.06. The third-order valence-electron chi connectivity index (χ3n) is 8.76. The summed E-state index contributed by atoms with van der Waals surface area (Å²) in [4.78, 5) is 48.9. The third-order valence-corrected chi connectivity index (χ3v) is 10.3. The van der Waals surface area contributed by atoms with Gasteiger partial charge in [0.15, 0.2) is 0 Å². The van der Waals surface area contributed by atoms with Crippen molar-refractivity contribution in [3.05, 3.63) is 59.7 Å². The molecule has 2 aromatic rings. The number of alkyl carbamates (subject to hydrolysis) is 1. The predicted octanol–water partition coefficient (Wildman–Crippen LogP) is 3.70. The number of nitrogens with one attached hydrogen (secondary N) is 4. The zero-order valence-electron chi connectivity index (χ0n) is 23.8. The summed E-state index contributed by atoms with van der Waals surface area (Å²) in [5.74, 6) is -1.18. The van der Waals surface area contributed by atoms with Crippen molar-refractivity contribution < 1.29 is 29.0 Å². The highest BCUT2D eigenvalue weighted by atomic mass is 32.2. The first-order valence-electron chi connectivity index (χ1n) is 14.5. The van der Waals surface area contributed by atoms with Crippen molar-refractivity contribution in [1.82, 2.24) is 21.3 Å². The summed E-state index contributed by atoms with van der Waals surface area (Å²) in [5.41, 5.74) is 4.38. The monoisotopic (exact) mass is 594 g/mol. The molecule has 0 bridgehead atoms. The molecule has 224 valence electrons. The first kappa shape index (κ1) is 29.8. The van der Waals surface area contributed by atoms with Gasteiger partial charge in [-0.15, -0.1) is 0 Å². The maximum absolute atomic E-state index is 12.8. The highest BCUT2D eigenvalue weighted by Crippen LogP contribution is 2.44. The number of amides is 4. The Labute approximate surface area is 249 Å². The van der Waals surface area contributed by atoms with Crippen molar-refractivity contribution in [2.75, 3.05) is 18.9 Å². The van der Waals surface area contributed by atoms with Crippen LogP contribution in [0.1, 0.15) is 50.2 Å². The van der Waals surface area contributed by atoms with E-state index in [2.05, 4.69) is 21.3 Å². The highest BCUT2D eigenvalue weighted by Gasteiger charge is 2.42. The summed E-state index contributed by atoms with van der Waals surface area (Å²) in [6.45, 7) is 3.98. The lowest BCUT2D eigenvalue weighted by atomic mass is 9.88. The Bertz CT molecular complexity index is 1290. The number of carboxylic acid groups (broad SMARTS) is 1. The first-order chi connectivity index (χ1) is 20.2. The molecule has 0 saturated carbocycles. The number of hydrogen-bond donors (Lipinski definition) is 5. The van der Waals surface area contributed by atoms with E-state index in [0.717, 1.165) is 34.4 Å². The van der Waals surface area contributed by atoms with Crippen LogP contribution in [-0.4, -0.2) is 71.4 Å². The molecule has 0 radical (unpaired) electrons. The van der Waals surface area contributed by atoms with Gasteiger partial charge in [-0.3, -0.25) is 4.79 Å². The number of aliphatic carboxylic acids is 1. The van der Waals surface area contributed by atoms with E-state index in [1.807, 2.05) is 67.2 Å². The van der Waals surface area contributed by atoms with Crippen LogP contribution >= 0.6 is 11.8 Å². The Hall–Kier alpha value is -3.73. The number of rotatable bonds is 12. The molecule has 6 atom stereocenters. The Morgan fingerprint density at radius 3 is 2.38 bits per heavy atom. The molecule has 5 N–H and O–H groups in total. The normalized spacial score (nSPS) is 22.5. The molecule has 2 fully saturated rings. The van der Waals surface area contributed by atoms with Crippen LogP contribution in [0.25, 0.3) is 11.1 Å². The lowest BCUT2D eigenvalue weighted by Gasteiger charge is -2.27. The number of hydrogen-bond acceptors (Lipinski definition) is 6. The molecule has 1 aliphatic carbocycles. The van der Waals surface area contributed by atoms with Crippen LogP contribution in [0.5, 0.6) is 0 Å². The molecule has 2 saturated heterocycles. The van der Waals surface area contributed by atoms with E-state index in [-0.39, 0.29) is 42.5 Å². The molecule has 42 heavy (non-hydrogen) atoms. The van der Waals surface area contributed by atoms with E-state index < -0.39 is 24.0 Å². The van der Waals surface area contributed by atoms with Crippen LogP contribution < -0.4 is 21.3 Å². The van der Waals surface area contributed by atoms with Gasteiger partial charge < -0.3 is 31.1 Å². The fourth-order valence-corrected chi connectivity index (χ4v) is 7.71. The molecule has 3 aliphatic rings. The quantitative estimate of drug-likeness (QED) is 0.236. The summed E-state index contributed by atoms with van der Waals surface area (Å²) in [7, 11) is 0. The summed E-state index contributed by atoms with van der Waals surface area (Å²) in [6.07, 6.45) is 1.11. The lowest BCUT2D eigenvalue weighted by molar-refractivity contribution is -0.141. The molecule has 10 nitrogen and oxygen atoms in total. The fraction of sp³-hybridized carbons (Fsp3) is 0.484.